The fourth-order valence-electron chi connectivity index (χ4n) is 2.62. The molecule has 2 heterocycles. The van der Waals surface area contributed by atoms with Crippen LogP contribution in [0.2, 0.25) is 0 Å². The van der Waals surface area contributed by atoms with Crippen LogP contribution < -0.4 is 31.6 Å². The Labute approximate surface area is 153 Å². The Balaban J connectivity index is 1.99. The molecule has 1 aliphatic rings. The van der Waals surface area contributed by atoms with Crippen LogP contribution in [0, 0.1) is 5.82 Å². The molecule has 0 saturated heterocycles. The Morgan fingerprint density at radius 3 is 2.70 bits per heavy atom. The van der Waals surface area contributed by atoms with Crippen LogP contribution in [0.3, 0.4) is 0 Å². The van der Waals surface area contributed by atoms with E-state index in [4.69, 9.17) is 20.9 Å². The Hall–Kier alpha value is -3.56. The topological polar surface area (TPSA) is 142 Å². The quantitative estimate of drug-likeness (QED) is 0.574. The Morgan fingerprint density at radius 2 is 2.04 bits per heavy atom. The van der Waals surface area contributed by atoms with E-state index in [9.17, 15) is 14.0 Å². The van der Waals surface area contributed by atoms with Gasteiger partial charge >= 0.3 is 0 Å². The summed E-state index contributed by atoms with van der Waals surface area (Å²) in [6.45, 7) is 1.80. The number of pyridine rings is 1. The molecule has 142 valence electrons. The van der Waals surface area contributed by atoms with E-state index in [2.05, 4.69) is 15.6 Å². The molecule has 0 radical (unpaired) electrons. The number of aromatic nitrogens is 1. The summed E-state index contributed by atoms with van der Waals surface area (Å²) in [6.07, 6.45) is 1.21. The molecule has 1 atom stereocenters. The molecule has 1 aromatic heterocycles. The number of nitrogens with two attached hydrogens (primary N) is 2. The Kier molecular flexibility index (Phi) is 4.97. The molecule has 2 amide bonds. The third kappa shape index (κ3) is 3.68. The van der Waals surface area contributed by atoms with E-state index in [0.29, 0.717) is 23.6 Å². The third-order valence-electron chi connectivity index (χ3n) is 3.98. The first-order chi connectivity index (χ1) is 12.9. The smallest absolute Gasteiger partial charge is 0.254 e. The lowest BCUT2D eigenvalue weighted by Crippen LogP contribution is -2.36. The van der Waals surface area contributed by atoms with Crippen molar-refractivity contribution in [2.24, 2.45) is 11.5 Å². The summed E-state index contributed by atoms with van der Waals surface area (Å²) in [4.78, 5) is 27.4. The number of benzene rings is 1. The molecule has 1 aliphatic heterocycles. The molecule has 3 rings (SSSR count). The minimum absolute atomic E-state index is 0.0181. The molecule has 0 fully saturated rings. The summed E-state index contributed by atoms with van der Waals surface area (Å²) >= 11 is 0. The van der Waals surface area contributed by atoms with Gasteiger partial charge in [0.15, 0.2) is 17.3 Å². The van der Waals surface area contributed by atoms with Gasteiger partial charge in [0, 0.05) is 11.8 Å². The number of nitrogens with one attached hydrogen (secondary N) is 2. The van der Waals surface area contributed by atoms with E-state index in [1.807, 2.05) is 0 Å². The van der Waals surface area contributed by atoms with Gasteiger partial charge in [-0.2, -0.15) is 0 Å². The number of anilines is 3. The average Bonchev–Trinajstić information content (AvgIpc) is 3.09. The van der Waals surface area contributed by atoms with Gasteiger partial charge in [-0.05, 0) is 18.6 Å². The lowest BCUT2D eigenvalue weighted by molar-refractivity contribution is -0.118. The van der Waals surface area contributed by atoms with Gasteiger partial charge in [-0.25, -0.2) is 9.37 Å². The second-order valence-electron chi connectivity index (χ2n) is 5.77. The zero-order valence-electron chi connectivity index (χ0n) is 14.4. The number of halogens is 1. The summed E-state index contributed by atoms with van der Waals surface area (Å²) < 4.78 is 24.8. The van der Waals surface area contributed by atoms with Gasteiger partial charge in [0.2, 0.25) is 12.7 Å². The minimum atomic E-state index is -0.924. The van der Waals surface area contributed by atoms with Crippen molar-refractivity contribution in [2.45, 2.75) is 19.4 Å². The van der Waals surface area contributed by atoms with E-state index in [1.54, 1.807) is 25.1 Å². The van der Waals surface area contributed by atoms with Crippen LogP contribution in [0.5, 0.6) is 11.5 Å². The molecule has 1 aromatic carbocycles. The SMILES string of the molecule is CCC(Nc1c(F)cnc(Nc2ccc3c(c2)OCO3)c1C(N)=O)C(N)=O. The molecule has 2 aromatic rings. The lowest BCUT2D eigenvalue weighted by Gasteiger charge is -2.19. The molecular formula is C17H18FN5O4. The molecule has 0 bridgehead atoms. The molecule has 9 nitrogen and oxygen atoms in total. The highest BCUT2D eigenvalue weighted by Gasteiger charge is 2.24. The standard InChI is InChI=1S/C17H18FN5O4/c1-2-10(15(19)24)23-14-9(18)6-21-17(13(14)16(20)25)22-8-3-4-11-12(5-8)27-7-26-11/h3-6,10H,2,7H2,1H3,(H2,19,24)(H2,20,25)(H2,21,22,23). The maximum absolute atomic E-state index is 14.3. The van der Waals surface area contributed by atoms with Crippen molar-refractivity contribution in [3.05, 3.63) is 35.8 Å². The lowest BCUT2D eigenvalue weighted by atomic mass is 10.1. The number of amides is 2. The van der Waals surface area contributed by atoms with Crippen molar-refractivity contribution in [1.82, 2.24) is 4.98 Å². The first-order valence-electron chi connectivity index (χ1n) is 8.11. The fourth-order valence-corrected chi connectivity index (χ4v) is 2.62. The highest BCUT2D eigenvalue weighted by molar-refractivity contribution is 6.04. The number of nitrogens with zero attached hydrogens (tertiary/aromatic N) is 1. The maximum Gasteiger partial charge on any atom is 0.254 e. The van der Waals surface area contributed by atoms with Crippen molar-refractivity contribution in [3.8, 4) is 11.5 Å². The van der Waals surface area contributed by atoms with Crippen LogP contribution in [-0.4, -0.2) is 29.6 Å². The first-order valence-corrected chi connectivity index (χ1v) is 8.11. The van der Waals surface area contributed by atoms with Gasteiger partial charge in [-0.3, -0.25) is 9.59 Å². The summed E-state index contributed by atoms with van der Waals surface area (Å²) in [5, 5.41) is 5.54. The van der Waals surface area contributed by atoms with Crippen molar-refractivity contribution in [3.63, 3.8) is 0 Å². The molecule has 0 aliphatic carbocycles. The number of rotatable bonds is 7. The number of carbonyl (C=O) groups is 2. The summed E-state index contributed by atoms with van der Waals surface area (Å²) in [7, 11) is 0. The van der Waals surface area contributed by atoms with Crippen LogP contribution >= 0.6 is 0 Å². The van der Waals surface area contributed by atoms with E-state index >= 15 is 0 Å². The zero-order valence-corrected chi connectivity index (χ0v) is 14.4. The van der Waals surface area contributed by atoms with Gasteiger partial charge < -0.3 is 31.6 Å². The van der Waals surface area contributed by atoms with Crippen molar-refractivity contribution < 1.29 is 23.5 Å². The van der Waals surface area contributed by atoms with Crippen LogP contribution in [0.1, 0.15) is 23.7 Å². The largest absolute Gasteiger partial charge is 0.454 e. The summed E-state index contributed by atoms with van der Waals surface area (Å²) in [5.41, 5.74) is 10.8. The van der Waals surface area contributed by atoms with Crippen LogP contribution in [0.15, 0.2) is 24.4 Å². The first kappa shape index (κ1) is 18.2. The fraction of sp³-hybridized carbons (Fsp3) is 0.235. The van der Waals surface area contributed by atoms with E-state index < -0.39 is 23.7 Å². The van der Waals surface area contributed by atoms with Crippen molar-refractivity contribution in [1.29, 1.82) is 0 Å². The van der Waals surface area contributed by atoms with E-state index in [0.717, 1.165) is 6.20 Å². The zero-order chi connectivity index (χ0) is 19.6. The number of fused-ring (bicyclic) bond motifs is 1. The van der Waals surface area contributed by atoms with Gasteiger partial charge in [-0.1, -0.05) is 6.92 Å². The summed E-state index contributed by atoms with van der Waals surface area (Å²) in [6, 6.07) is 4.12. The van der Waals surface area contributed by atoms with E-state index in [1.165, 1.54) is 0 Å². The Bertz CT molecular complexity index is 905. The van der Waals surface area contributed by atoms with Crippen LogP contribution in [-0.2, 0) is 4.79 Å². The monoisotopic (exact) mass is 375 g/mol. The maximum atomic E-state index is 14.3. The molecular weight excluding hydrogens is 357 g/mol. The normalized spacial score (nSPS) is 13.1. The summed E-state index contributed by atoms with van der Waals surface area (Å²) in [5.74, 6) is -1.33. The third-order valence-corrected chi connectivity index (χ3v) is 3.98. The number of carbonyl (C=O) groups excluding carboxylic acids is 2. The van der Waals surface area contributed by atoms with Gasteiger partial charge in [0.05, 0.1) is 11.9 Å². The number of primary amides is 2. The van der Waals surface area contributed by atoms with Crippen LogP contribution in [0.25, 0.3) is 0 Å². The predicted octanol–water partition coefficient (Wildman–Crippen LogP) is 1.47. The van der Waals surface area contributed by atoms with Gasteiger partial charge in [-0.15, -0.1) is 0 Å². The number of hydrogen-bond donors (Lipinski definition) is 4. The van der Waals surface area contributed by atoms with Crippen LogP contribution in [0.4, 0.5) is 21.6 Å². The van der Waals surface area contributed by atoms with Crippen molar-refractivity contribution >= 4 is 29.0 Å². The molecule has 0 spiro atoms. The average molecular weight is 375 g/mol. The highest BCUT2D eigenvalue weighted by Crippen LogP contribution is 2.36. The molecule has 6 N–H and O–H groups in total. The molecule has 10 heteroatoms. The molecule has 27 heavy (non-hydrogen) atoms. The second-order valence-corrected chi connectivity index (χ2v) is 5.77. The number of ether oxygens (including phenoxy) is 2. The minimum Gasteiger partial charge on any atom is -0.454 e. The van der Waals surface area contributed by atoms with Crippen molar-refractivity contribution in [2.75, 3.05) is 17.4 Å². The Morgan fingerprint density at radius 1 is 1.30 bits per heavy atom. The predicted molar refractivity (Wildman–Crippen MR) is 95.5 cm³/mol. The van der Waals surface area contributed by atoms with E-state index in [-0.39, 0.29) is 23.9 Å². The van der Waals surface area contributed by atoms with Gasteiger partial charge in [0.25, 0.3) is 5.91 Å². The molecule has 1 unspecified atom stereocenters. The molecule has 0 saturated carbocycles. The number of hydrogen-bond acceptors (Lipinski definition) is 7. The highest BCUT2D eigenvalue weighted by atomic mass is 19.1. The second kappa shape index (κ2) is 7.36. The van der Waals surface area contributed by atoms with Gasteiger partial charge in [0.1, 0.15) is 17.4 Å².